The lowest BCUT2D eigenvalue weighted by Gasteiger charge is -2.30. The molecule has 1 aliphatic rings. The van der Waals surface area contributed by atoms with E-state index in [0.717, 1.165) is 35.6 Å². The minimum absolute atomic E-state index is 0.00225. The third-order valence-corrected chi connectivity index (χ3v) is 5.91. The number of benzene rings is 1. The summed E-state index contributed by atoms with van der Waals surface area (Å²) in [7, 11) is -3.73. The molecule has 0 fully saturated rings. The van der Waals surface area contributed by atoms with Crippen LogP contribution < -0.4 is 15.4 Å². The van der Waals surface area contributed by atoms with Crippen LogP contribution in [0.2, 0.25) is 0 Å². The Labute approximate surface area is 165 Å². The van der Waals surface area contributed by atoms with Crippen LogP contribution >= 0.6 is 0 Å². The van der Waals surface area contributed by atoms with E-state index in [1.54, 1.807) is 12.1 Å². The molecule has 0 amide bonds. The van der Waals surface area contributed by atoms with E-state index in [-0.39, 0.29) is 23.5 Å². The Bertz CT molecular complexity index is 962. The van der Waals surface area contributed by atoms with Crippen molar-refractivity contribution in [2.75, 3.05) is 23.4 Å². The predicted molar refractivity (Wildman–Crippen MR) is 109 cm³/mol. The topological polar surface area (TPSA) is 121 Å². The lowest BCUT2D eigenvalue weighted by Crippen LogP contribution is -2.33. The summed E-state index contributed by atoms with van der Waals surface area (Å²) in [4.78, 5) is 11.3. The second-order valence-electron chi connectivity index (χ2n) is 7.52. The normalized spacial score (nSPS) is 15.4. The summed E-state index contributed by atoms with van der Waals surface area (Å²) in [6.45, 7) is 7.26. The number of hydrogen-bond acceptors (Lipinski definition) is 7. The monoisotopic (exact) mass is 405 g/mol. The molecule has 1 aliphatic heterocycles. The summed E-state index contributed by atoms with van der Waals surface area (Å²) >= 11 is 0. The van der Waals surface area contributed by atoms with E-state index in [1.165, 1.54) is 0 Å². The number of fused-ring (bicyclic) bond motifs is 1. The number of aryl methyl sites for hydroxylation is 1. The van der Waals surface area contributed by atoms with Crippen molar-refractivity contribution in [1.82, 2.24) is 9.97 Å². The van der Waals surface area contributed by atoms with Gasteiger partial charge in [0.05, 0.1) is 17.5 Å². The van der Waals surface area contributed by atoms with Crippen molar-refractivity contribution in [2.24, 2.45) is 11.1 Å². The lowest BCUT2D eigenvalue weighted by molar-refractivity contribution is 0.248. The number of aromatic nitrogens is 2. The van der Waals surface area contributed by atoms with Crippen molar-refractivity contribution in [1.29, 1.82) is 0 Å². The largest absolute Gasteiger partial charge is 0.394 e. The summed E-state index contributed by atoms with van der Waals surface area (Å²) in [5.74, 6) is 1.48. The number of anilines is 2. The SMILES string of the molecule is Cc1cc(N2CCc3ccc(S(N)(=O)=O)cc3C2)nc(N[C@H](CO)C(C)C)n1. The molecule has 1 aromatic carbocycles. The second-order valence-corrected chi connectivity index (χ2v) is 9.08. The maximum absolute atomic E-state index is 11.7. The Balaban J connectivity index is 1.87. The van der Waals surface area contributed by atoms with Gasteiger partial charge in [-0.3, -0.25) is 0 Å². The van der Waals surface area contributed by atoms with Crippen LogP contribution in [0.1, 0.15) is 30.7 Å². The van der Waals surface area contributed by atoms with E-state index in [1.807, 2.05) is 32.9 Å². The van der Waals surface area contributed by atoms with Gasteiger partial charge in [-0.2, -0.15) is 4.98 Å². The van der Waals surface area contributed by atoms with Gasteiger partial charge in [-0.15, -0.1) is 0 Å². The van der Waals surface area contributed by atoms with Gasteiger partial charge in [0.15, 0.2) is 0 Å². The molecule has 0 aliphatic carbocycles. The van der Waals surface area contributed by atoms with E-state index in [0.29, 0.717) is 12.5 Å². The number of hydrogen-bond donors (Lipinski definition) is 3. The van der Waals surface area contributed by atoms with E-state index < -0.39 is 10.0 Å². The van der Waals surface area contributed by atoms with E-state index >= 15 is 0 Å². The smallest absolute Gasteiger partial charge is 0.238 e. The van der Waals surface area contributed by atoms with Crippen LogP contribution in [0.5, 0.6) is 0 Å². The molecule has 0 radical (unpaired) electrons. The van der Waals surface area contributed by atoms with Gasteiger partial charge < -0.3 is 15.3 Å². The van der Waals surface area contributed by atoms with Gasteiger partial charge in [0, 0.05) is 24.8 Å². The molecule has 28 heavy (non-hydrogen) atoms. The first-order chi connectivity index (χ1) is 13.2. The molecule has 4 N–H and O–H groups in total. The first kappa shape index (κ1) is 20.5. The summed E-state index contributed by atoms with van der Waals surface area (Å²) < 4.78 is 23.3. The third kappa shape index (κ3) is 4.60. The average Bonchev–Trinajstić information content (AvgIpc) is 2.63. The number of sulfonamides is 1. The number of rotatable bonds is 6. The molecule has 1 atom stereocenters. The quantitative estimate of drug-likeness (QED) is 0.664. The maximum atomic E-state index is 11.7. The molecule has 1 aromatic heterocycles. The Morgan fingerprint density at radius 2 is 2.00 bits per heavy atom. The number of aliphatic hydroxyl groups is 1. The van der Waals surface area contributed by atoms with Crippen molar-refractivity contribution in [3.63, 3.8) is 0 Å². The van der Waals surface area contributed by atoms with Gasteiger partial charge >= 0.3 is 0 Å². The van der Waals surface area contributed by atoms with Crippen LogP contribution in [0.3, 0.4) is 0 Å². The Morgan fingerprint density at radius 1 is 1.25 bits per heavy atom. The van der Waals surface area contributed by atoms with Crippen LogP contribution in [-0.4, -0.2) is 42.7 Å². The minimum atomic E-state index is -3.73. The molecule has 0 saturated heterocycles. The molecule has 0 bridgehead atoms. The fourth-order valence-corrected chi connectivity index (χ4v) is 3.84. The molecular formula is C19H27N5O3S. The molecule has 2 heterocycles. The molecule has 8 nitrogen and oxygen atoms in total. The lowest BCUT2D eigenvalue weighted by atomic mass is 10.00. The predicted octanol–water partition coefficient (Wildman–Crippen LogP) is 1.42. The Kier molecular flexibility index (Phi) is 5.87. The summed E-state index contributed by atoms with van der Waals surface area (Å²) in [5.41, 5.74) is 2.86. The van der Waals surface area contributed by atoms with Crippen molar-refractivity contribution in [2.45, 2.75) is 44.7 Å². The third-order valence-electron chi connectivity index (χ3n) is 5.00. The van der Waals surface area contributed by atoms with Gasteiger partial charge in [0.2, 0.25) is 16.0 Å². The van der Waals surface area contributed by atoms with Gasteiger partial charge in [0.25, 0.3) is 0 Å². The van der Waals surface area contributed by atoms with E-state index in [4.69, 9.17) is 5.14 Å². The molecule has 0 unspecified atom stereocenters. The van der Waals surface area contributed by atoms with Gasteiger partial charge in [0.1, 0.15) is 5.82 Å². The first-order valence-corrected chi connectivity index (χ1v) is 10.8. The number of nitrogens with one attached hydrogen (secondary N) is 1. The highest BCUT2D eigenvalue weighted by molar-refractivity contribution is 7.89. The maximum Gasteiger partial charge on any atom is 0.238 e. The first-order valence-electron chi connectivity index (χ1n) is 9.30. The molecule has 2 aromatic rings. The summed E-state index contributed by atoms with van der Waals surface area (Å²) in [6, 6.07) is 6.81. The molecule has 0 saturated carbocycles. The zero-order valence-corrected chi connectivity index (χ0v) is 17.2. The van der Waals surface area contributed by atoms with Crippen LogP contribution in [-0.2, 0) is 23.0 Å². The Hall–Kier alpha value is -2.23. The number of nitrogens with zero attached hydrogens (tertiary/aromatic N) is 3. The number of nitrogens with two attached hydrogens (primary N) is 1. The summed E-state index contributed by atoms with van der Waals surface area (Å²) in [5, 5.41) is 18.0. The van der Waals surface area contributed by atoms with E-state index in [2.05, 4.69) is 20.2 Å². The second kappa shape index (κ2) is 8.02. The highest BCUT2D eigenvalue weighted by Crippen LogP contribution is 2.26. The van der Waals surface area contributed by atoms with Crippen LogP contribution in [0.25, 0.3) is 0 Å². The van der Waals surface area contributed by atoms with Crippen molar-refractivity contribution in [3.05, 3.63) is 41.1 Å². The van der Waals surface area contributed by atoms with Crippen molar-refractivity contribution in [3.8, 4) is 0 Å². The summed E-state index contributed by atoms with van der Waals surface area (Å²) in [6.07, 6.45) is 0.789. The number of aliphatic hydroxyl groups excluding tert-OH is 1. The zero-order chi connectivity index (χ0) is 20.5. The zero-order valence-electron chi connectivity index (χ0n) is 16.4. The van der Waals surface area contributed by atoms with Gasteiger partial charge in [-0.1, -0.05) is 19.9 Å². The molecule has 0 spiro atoms. The number of primary sulfonamides is 1. The van der Waals surface area contributed by atoms with Gasteiger partial charge in [-0.25, -0.2) is 18.5 Å². The van der Waals surface area contributed by atoms with Crippen molar-refractivity contribution >= 4 is 21.8 Å². The highest BCUT2D eigenvalue weighted by atomic mass is 32.2. The van der Waals surface area contributed by atoms with E-state index in [9.17, 15) is 13.5 Å². The Morgan fingerprint density at radius 3 is 2.64 bits per heavy atom. The van der Waals surface area contributed by atoms with Gasteiger partial charge in [-0.05, 0) is 42.5 Å². The highest BCUT2D eigenvalue weighted by Gasteiger charge is 2.21. The van der Waals surface area contributed by atoms with Crippen molar-refractivity contribution < 1.29 is 13.5 Å². The fourth-order valence-electron chi connectivity index (χ4n) is 3.27. The van der Waals surface area contributed by atoms with Crippen LogP contribution in [0, 0.1) is 12.8 Å². The molecule has 3 rings (SSSR count). The minimum Gasteiger partial charge on any atom is -0.394 e. The standard InChI is InChI=1S/C19H27N5O3S/c1-12(2)17(11-25)22-19-21-13(3)8-18(23-19)24-7-6-14-4-5-16(28(20,26)27)9-15(14)10-24/h4-5,8-9,12,17,25H,6-7,10-11H2,1-3H3,(H2,20,26,27)(H,21,22,23)/t17-/m1/s1. The average molecular weight is 406 g/mol. The van der Waals surface area contributed by atoms with Crippen LogP contribution in [0.15, 0.2) is 29.2 Å². The fraction of sp³-hybridized carbons (Fsp3) is 0.474. The molecular weight excluding hydrogens is 378 g/mol. The van der Waals surface area contributed by atoms with Crippen LogP contribution in [0.4, 0.5) is 11.8 Å². The molecule has 9 heteroatoms. The molecule has 152 valence electrons.